The lowest BCUT2D eigenvalue weighted by Crippen LogP contribution is -2.29. The molecule has 2 N–H and O–H groups in total. The Bertz CT molecular complexity index is 786. The summed E-state index contributed by atoms with van der Waals surface area (Å²) in [7, 11) is 0. The molecule has 1 aliphatic rings. The van der Waals surface area contributed by atoms with Crippen molar-refractivity contribution in [2.24, 2.45) is 0 Å². The lowest BCUT2D eigenvalue weighted by Gasteiger charge is -2.26. The van der Waals surface area contributed by atoms with E-state index < -0.39 is 0 Å². The van der Waals surface area contributed by atoms with Crippen molar-refractivity contribution in [3.8, 4) is 0 Å². The van der Waals surface area contributed by atoms with Crippen LogP contribution in [0.15, 0.2) is 73.1 Å². The highest BCUT2D eigenvalue weighted by molar-refractivity contribution is 7.80. The van der Waals surface area contributed by atoms with E-state index in [1.165, 1.54) is 0 Å². The van der Waals surface area contributed by atoms with E-state index in [0.717, 1.165) is 17.1 Å². The molecule has 1 aromatic carbocycles. The van der Waals surface area contributed by atoms with Crippen molar-refractivity contribution in [2.75, 3.05) is 4.90 Å². The predicted octanol–water partition coefficient (Wildman–Crippen LogP) is 3.59. The average molecular weight is 320 g/mol. The molecule has 114 valence electrons. The molecular formula is C18H16N4S. The smallest absolute Gasteiger partial charge is 0.174 e. The second kappa shape index (κ2) is 5.85. The van der Waals surface area contributed by atoms with Crippen molar-refractivity contribution in [1.82, 2.24) is 15.3 Å². The molecule has 0 bridgehead atoms. The summed E-state index contributed by atoms with van der Waals surface area (Å²) in [6, 6.07) is 20.3. The zero-order valence-electron chi connectivity index (χ0n) is 12.4. The van der Waals surface area contributed by atoms with E-state index in [4.69, 9.17) is 12.2 Å². The van der Waals surface area contributed by atoms with Crippen molar-refractivity contribution in [3.05, 3.63) is 84.4 Å². The molecule has 4 rings (SSSR count). The molecule has 3 heterocycles. The van der Waals surface area contributed by atoms with Crippen molar-refractivity contribution in [3.63, 3.8) is 0 Å². The molecular weight excluding hydrogens is 304 g/mol. The van der Waals surface area contributed by atoms with E-state index in [0.29, 0.717) is 5.11 Å². The van der Waals surface area contributed by atoms with Crippen molar-refractivity contribution in [2.45, 2.75) is 12.1 Å². The highest BCUT2D eigenvalue weighted by Crippen LogP contribution is 2.40. The molecule has 1 fully saturated rings. The second-order valence-corrected chi connectivity index (χ2v) is 5.84. The highest BCUT2D eigenvalue weighted by Gasteiger charge is 2.41. The quantitative estimate of drug-likeness (QED) is 0.724. The number of anilines is 1. The summed E-state index contributed by atoms with van der Waals surface area (Å²) in [5.74, 6) is 0. The third kappa shape index (κ3) is 2.49. The number of hydrogen-bond donors (Lipinski definition) is 2. The third-order valence-corrected chi connectivity index (χ3v) is 4.39. The number of pyridine rings is 1. The van der Waals surface area contributed by atoms with Crippen LogP contribution in [-0.4, -0.2) is 15.1 Å². The van der Waals surface area contributed by atoms with Crippen LogP contribution in [0.4, 0.5) is 5.69 Å². The molecule has 0 spiro atoms. The molecule has 0 unspecified atom stereocenters. The summed E-state index contributed by atoms with van der Waals surface area (Å²) in [5.41, 5.74) is 3.16. The first-order valence-corrected chi connectivity index (χ1v) is 7.94. The summed E-state index contributed by atoms with van der Waals surface area (Å²) >= 11 is 5.62. The second-order valence-electron chi connectivity index (χ2n) is 5.46. The van der Waals surface area contributed by atoms with Gasteiger partial charge in [-0.2, -0.15) is 0 Å². The molecule has 1 aliphatic heterocycles. The standard InChI is InChI=1S/C18H16N4S/c23-18-21-16(14-9-4-5-11-19-14)17(15-10-6-12-20-15)22(18)13-7-2-1-3-8-13/h1-12,16-17,20H,(H,21,23)/t16-,17+/m0/s1. The van der Waals surface area contributed by atoms with Crippen LogP contribution in [-0.2, 0) is 0 Å². The summed E-state index contributed by atoms with van der Waals surface area (Å²) in [6.07, 6.45) is 3.76. The van der Waals surface area contributed by atoms with Crippen LogP contribution >= 0.6 is 12.2 Å². The van der Waals surface area contributed by atoms with Gasteiger partial charge in [-0.25, -0.2) is 0 Å². The van der Waals surface area contributed by atoms with Crippen molar-refractivity contribution in [1.29, 1.82) is 0 Å². The minimum absolute atomic E-state index is 0.00237. The summed E-state index contributed by atoms with van der Waals surface area (Å²) in [4.78, 5) is 10.0. The highest BCUT2D eigenvalue weighted by atomic mass is 32.1. The maximum atomic E-state index is 5.62. The van der Waals surface area contributed by atoms with E-state index in [9.17, 15) is 0 Å². The molecule has 5 heteroatoms. The van der Waals surface area contributed by atoms with Gasteiger partial charge in [0.05, 0.1) is 11.7 Å². The number of nitrogens with one attached hydrogen (secondary N) is 2. The van der Waals surface area contributed by atoms with Crippen LogP contribution in [0.2, 0.25) is 0 Å². The third-order valence-electron chi connectivity index (χ3n) is 4.07. The SMILES string of the molecule is S=C1N[C@@H](c2ccccn2)[C@@H](c2ccc[nH]2)N1c1ccccc1. The molecule has 0 saturated carbocycles. The molecule has 0 radical (unpaired) electrons. The predicted molar refractivity (Wildman–Crippen MR) is 95.2 cm³/mol. The van der Waals surface area contributed by atoms with E-state index in [1.807, 2.05) is 54.9 Å². The Morgan fingerprint density at radius 2 is 1.78 bits per heavy atom. The van der Waals surface area contributed by atoms with Crippen LogP contribution in [0, 0.1) is 0 Å². The van der Waals surface area contributed by atoms with Crippen LogP contribution in [0.3, 0.4) is 0 Å². The van der Waals surface area contributed by atoms with Crippen LogP contribution < -0.4 is 10.2 Å². The number of benzene rings is 1. The van der Waals surface area contributed by atoms with Gasteiger partial charge in [0, 0.05) is 23.8 Å². The van der Waals surface area contributed by atoms with Gasteiger partial charge in [-0.05, 0) is 48.6 Å². The number of aromatic amines is 1. The van der Waals surface area contributed by atoms with Gasteiger partial charge in [0.2, 0.25) is 0 Å². The molecule has 23 heavy (non-hydrogen) atoms. The van der Waals surface area contributed by atoms with Gasteiger partial charge >= 0.3 is 0 Å². The molecule has 1 saturated heterocycles. The number of H-pyrrole nitrogens is 1. The lowest BCUT2D eigenvalue weighted by atomic mass is 10.0. The Kier molecular flexibility index (Phi) is 3.55. The number of hydrogen-bond acceptors (Lipinski definition) is 2. The topological polar surface area (TPSA) is 44.0 Å². The van der Waals surface area contributed by atoms with Gasteiger partial charge in [0.25, 0.3) is 0 Å². The Morgan fingerprint density at radius 1 is 0.957 bits per heavy atom. The van der Waals surface area contributed by atoms with Gasteiger partial charge in [-0.1, -0.05) is 24.3 Å². The number of rotatable bonds is 3. The van der Waals surface area contributed by atoms with Gasteiger partial charge in [-0.3, -0.25) is 4.98 Å². The number of aromatic nitrogens is 2. The lowest BCUT2D eigenvalue weighted by molar-refractivity contribution is 0.558. The van der Waals surface area contributed by atoms with Crippen molar-refractivity contribution >= 4 is 23.0 Å². The molecule has 4 nitrogen and oxygen atoms in total. The number of para-hydroxylation sites is 1. The van der Waals surface area contributed by atoms with Crippen molar-refractivity contribution < 1.29 is 0 Å². The maximum Gasteiger partial charge on any atom is 0.174 e. The minimum atomic E-state index is 0.00237. The minimum Gasteiger partial charge on any atom is -0.363 e. The Labute approximate surface area is 140 Å². The molecule has 2 atom stereocenters. The van der Waals surface area contributed by atoms with Crippen LogP contribution in [0.1, 0.15) is 23.5 Å². The van der Waals surface area contributed by atoms with E-state index in [-0.39, 0.29) is 12.1 Å². The first-order chi connectivity index (χ1) is 11.3. The maximum absolute atomic E-state index is 5.62. The molecule has 3 aromatic rings. The van der Waals surface area contributed by atoms with Gasteiger partial charge in [0.1, 0.15) is 6.04 Å². The van der Waals surface area contributed by atoms with Gasteiger partial charge < -0.3 is 15.2 Å². The molecule has 0 amide bonds. The normalized spacial score (nSPS) is 20.5. The van der Waals surface area contributed by atoms with Gasteiger partial charge in [0.15, 0.2) is 5.11 Å². The Hall–Kier alpha value is -2.66. The summed E-state index contributed by atoms with van der Waals surface area (Å²) in [5, 5.41) is 4.15. The first kappa shape index (κ1) is 14.0. The van der Waals surface area contributed by atoms with E-state index in [1.54, 1.807) is 0 Å². The average Bonchev–Trinajstić information content (AvgIpc) is 3.24. The molecule has 2 aromatic heterocycles. The van der Waals surface area contributed by atoms with Gasteiger partial charge in [-0.15, -0.1) is 0 Å². The Balaban J connectivity index is 1.81. The van der Waals surface area contributed by atoms with E-state index in [2.05, 4.69) is 38.4 Å². The fourth-order valence-electron chi connectivity index (χ4n) is 3.07. The number of thiocarbonyl (C=S) groups is 1. The Morgan fingerprint density at radius 3 is 2.48 bits per heavy atom. The number of nitrogens with zero attached hydrogens (tertiary/aromatic N) is 2. The zero-order valence-corrected chi connectivity index (χ0v) is 13.2. The fourth-order valence-corrected chi connectivity index (χ4v) is 3.41. The summed E-state index contributed by atoms with van der Waals surface area (Å²) < 4.78 is 0. The summed E-state index contributed by atoms with van der Waals surface area (Å²) in [6.45, 7) is 0. The molecule has 0 aliphatic carbocycles. The fraction of sp³-hybridized carbons (Fsp3) is 0.111. The monoisotopic (exact) mass is 320 g/mol. The van der Waals surface area contributed by atoms with Crippen LogP contribution in [0.5, 0.6) is 0 Å². The first-order valence-electron chi connectivity index (χ1n) is 7.53. The van der Waals surface area contributed by atoms with Crippen LogP contribution in [0.25, 0.3) is 0 Å². The van der Waals surface area contributed by atoms with E-state index >= 15 is 0 Å². The zero-order chi connectivity index (χ0) is 15.6. The largest absolute Gasteiger partial charge is 0.363 e.